The minimum absolute atomic E-state index is 0.132. The van der Waals surface area contributed by atoms with Crippen LogP contribution in [0.4, 0.5) is 10.2 Å². The molecule has 1 atom stereocenters. The zero-order chi connectivity index (χ0) is 15.4. The van der Waals surface area contributed by atoms with Crippen LogP contribution in [-0.2, 0) is 0 Å². The van der Waals surface area contributed by atoms with E-state index >= 15 is 0 Å². The van der Waals surface area contributed by atoms with E-state index in [0.29, 0.717) is 0 Å². The molecule has 0 aliphatic rings. The number of carbonyl (C=O) groups is 1. The lowest BCUT2D eigenvalue weighted by Crippen LogP contribution is -2.12. The molecule has 2 rings (SSSR count). The fourth-order valence-electron chi connectivity index (χ4n) is 1.90. The largest absolute Gasteiger partial charge is 0.497 e. The summed E-state index contributed by atoms with van der Waals surface area (Å²) in [7, 11) is 1.58. The van der Waals surface area contributed by atoms with Crippen molar-refractivity contribution in [2.45, 2.75) is 13.0 Å². The number of methoxy groups -OCH3 is 1. The SMILES string of the molecule is COc1ccc(C(C)Nc2ncc(F)cc2C(=O)O)cc1. The first-order chi connectivity index (χ1) is 10.0. The number of pyridine rings is 1. The number of carboxylic acids is 1. The average Bonchev–Trinajstić information content (AvgIpc) is 2.49. The lowest BCUT2D eigenvalue weighted by Gasteiger charge is -2.16. The molecule has 0 radical (unpaired) electrons. The second kappa shape index (κ2) is 6.21. The smallest absolute Gasteiger partial charge is 0.339 e. The van der Waals surface area contributed by atoms with Gasteiger partial charge in [0.2, 0.25) is 0 Å². The zero-order valence-corrected chi connectivity index (χ0v) is 11.6. The van der Waals surface area contributed by atoms with Crippen LogP contribution in [0.5, 0.6) is 5.75 Å². The van der Waals surface area contributed by atoms with Gasteiger partial charge in [-0.1, -0.05) is 12.1 Å². The molecule has 0 amide bonds. The van der Waals surface area contributed by atoms with Crippen molar-refractivity contribution in [3.63, 3.8) is 0 Å². The van der Waals surface area contributed by atoms with Gasteiger partial charge in [0.15, 0.2) is 0 Å². The molecule has 1 aromatic carbocycles. The summed E-state index contributed by atoms with van der Waals surface area (Å²) >= 11 is 0. The van der Waals surface area contributed by atoms with Crippen molar-refractivity contribution >= 4 is 11.8 Å². The lowest BCUT2D eigenvalue weighted by atomic mass is 10.1. The van der Waals surface area contributed by atoms with Crippen molar-refractivity contribution in [3.05, 3.63) is 53.5 Å². The van der Waals surface area contributed by atoms with Gasteiger partial charge in [-0.25, -0.2) is 14.2 Å². The van der Waals surface area contributed by atoms with Crippen molar-refractivity contribution in [2.24, 2.45) is 0 Å². The maximum Gasteiger partial charge on any atom is 0.339 e. The number of hydrogen-bond acceptors (Lipinski definition) is 4. The third-order valence-electron chi connectivity index (χ3n) is 3.05. The molecule has 5 nitrogen and oxygen atoms in total. The normalized spacial score (nSPS) is 11.8. The highest BCUT2D eigenvalue weighted by atomic mass is 19.1. The summed E-state index contributed by atoms with van der Waals surface area (Å²) in [5.41, 5.74) is 0.730. The molecule has 1 aromatic heterocycles. The number of nitrogens with one attached hydrogen (secondary N) is 1. The topological polar surface area (TPSA) is 71.5 Å². The van der Waals surface area contributed by atoms with Gasteiger partial charge >= 0.3 is 5.97 Å². The van der Waals surface area contributed by atoms with Crippen molar-refractivity contribution in [2.75, 3.05) is 12.4 Å². The highest BCUT2D eigenvalue weighted by Gasteiger charge is 2.15. The monoisotopic (exact) mass is 290 g/mol. The molecule has 21 heavy (non-hydrogen) atoms. The third kappa shape index (κ3) is 3.47. The molecular formula is C15H15FN2O3. The van der Waals surface area contributed by atoms with E-state index in [1.165, 1.54) is 0 Å². The van der Waals surface area contributed by atoms with Crippen molar-refractivity contribution < 1.29 is 19.0 Å². The van der Waals surface area contributed by atoms with Crippen LogP contribution in [0.25, 0.3) is 0 Å². The Kier molecular flexibility index (Phi) is 4.37. The molecule has 2 aromatic rings. The Balaban J connectivity index is 2.22. The van der Waals surface area contributed by atoms with Crippen LogP contribution < -0.4 is 10.1 Å². The number of halogens is 1. The van der Waals surface area contributed by atoms with Crippen LogP contribution in [0.15, 0.2) is 36.5 Å². The van der Waals surface area contributed by atoms with Gasteiger partial charge in [0.1, 0.15) is 22.9 Å². The van der Waals surface area contributed by atoms with Crippen molar-refractivity contribution in [1.82, 2.24) is 4.98 Å². The highest BCUT2D eigenvalue weighted by Crippen LogP contribution is 2.23. The van der Waals surface area contributed by atoms with Crippen LogP contribution in [0, 0.1) is 5.82 Å². The molecule has 0 fully saturated rings. The van der Waals surface area contributed by atoms with E-state index in [0.717, 1.165) is 23.6 Å². The highest BCUT2D eigenvalue weighted by molar-refractivity contribution is 5.93. The molecule has 0 aliphatic heterocycles. The number of hydrogen-bond donors (Lipinski definition) is 2. The van der Waals surface area contributed by atoms with E-state index in [9.17, 15) is 9.18 Å². The first kappa shape index (κ1) is 14.8. The van der Waals surface area contributed by atoms with Crippen molar-refractivity contribution in [3.8, 4) is 5.75 Å². The quantitative estimate of drug-likeness (QED) is 0.885. The summed E-state index contributed by atoms with van der Waals surface area (Å²) in [6.07, 6.45) is 0.982. The standard InChI is InChI=1S/C15H15FN2O3/c1-9(10-3-5-12(21-2)6-4-10)18-14-13(15(19)20)7-11(16)8-17-14/h3-9H,1-2H3,(H,17,18)(H,19,20). The van der Waals surface area contributed by atoms with E-state index in [2.05, 4.69) is 10.3 Å². The number of anilines is 1. The van der Waals surface area contributed by atoms with Crippen molar-refractivity contribution in [1.29, 1.82) is 0 Å². The fourth-order valence-corrected chi connectivity index (χ4v) is 1.90. The predicted molar refractivity (Wildman–Crippen MR) is 76.2 cm³/mol. The van der Waals surface area contributed by atoms with Gasteiger partial charge in [-0.3, -0.25) is 0 Å². The predicted octanol–water partition coefficient (Wildman–Crippen LogP) is 3.10. The summed E-state index contributed by atoms with van der Waals surface area (Å²) in [5.74, 6) is -1.05. The Morgan fingerprint density at radius 1 is 1.38 bits per heavy atom. The number of nitrogens with zero attached hydrogens (tertiary/aromatic N) is 1. The Morgan fingerprint density at radius 3 is 2.62 bits per heavy atom. The van der Waals surface area contributed by atoms with Gasteiger partial charge in [-0.2, -0.15) is 0 Å². The number of carboxylic acid groups (broad SMARTS) is 1. The molecule has 1 heterocycles. The minimum Gasteiger partial charge on any atom is -0.497 e. The van der Waals surface area contributed by atoms with Gasteiger partial charge in [0.25, 0.3) is 0 Å². The third-order valence-corrected chi connectivity index (χ3v) is 3.05. The van der Waals surface area contributed by atoms with E-state index in [-0.39, 0.29) is 17.4 Å². The van der Waals surface area contributed by atoms with Gasteiger partial charge in [0, 0.05) is 6.04 Å². The lowest BCUT2D eigenvalue weighted by molar-refractivity contribution is 0.0697. The zero-order valence-electron chi connectivity index (χ0n) is 11.6. The number of aromatic nitrogens is 1. The summed E-state index contributed by atoms with van der Waals surface area (Å²) in [5, 5.41) is 12.1. The minimum atomic E-state index is -1.23. The van der Waals surface area contributed by atoms with Crippen LogP contribution in [0.1, 0.15) is 28.9 Å². The molecule has 2 N–H and O–H groups in total. The van der Waals surface area contributed by atoms with Crippen LogP contribution >= 0.6 is 0 Å². The molecule has 0 saturated carbocycles. The number of benzene rings is 1. The molecular weight excluding hydrogens is 275 g/mol. The van der Waals surface area contributed by atoms with Gasteiger partial charge < -0.3 is 15.2 Å². The van der Waals surface area contributed by atoms with E-state index in [1.54, 1.807) is 7.11 Å². The molecule has 1 unspecified atom stereocenters. The van der Waals surface area contributed by atoms with Crippen LogP contribution in [0.3, 0.4) is 0 Å². The van der Waals surface area contributed by atoms with Gasteiger partial charge in [-0.05, 0) is 30.7 Å². The molecule has 0 saturated heterocycles. The van der Waals surface area contributed by atoms with Crippen LogP contribution in [0.2, 0.25) is 0 Å². The maximum absolute atomic E-state index is 13.1. The van der Waals surface area contributed by atoms with E-state index in [1.807, 2.05) is 31.2 Å². The molecule has 110 valence electrons. The van der Waals surface area contributed by atoms with Crippen LogP contribution in [-0.4, -0.2) is 23.2 Å². The Bertz CT molecular complexity index is 644. The summed E-state index contributed by atoms with van der Waals surface area (Å²) in [6, 6.07) is 8.10. The summed E-state index contributed by atoms with van der Waals surface area (Å²) in [6.45, 7) is 1.86. The summed E-state index contributed by atoms with van der Waals surface area (Å²) in [4.78, 5) is 14.9. The Labute approximate surface area is 121 Å². The number of rotatable bonds is 5. The van der Waals surface area contributed by atoms with Gasteiger partial charge in [-0.15, -0.1) is 0 Å². The first-order valence-electron chi connectivity index (χ1n) is 6.30. The number of aromatic carboxylic acids is 1. The second-order valence-electron chi connectivity index (χ2n) is 4.49. The maximum atomic E-state index is 13.1. The van der Waals surface area contributed by atoms with E-state index < -0.39 is 11.8 Å². The molecule has 0 spiro atoms. The second-order valence-corrected chi connectivity index (χ2v) is 4.49. The van der Waals surface area contributed by atoms with Gasteiger partial charge in [0.05, 0.1) is 13.3 Å². The Morgan fingerprint density at radius 2 is 2.05 bits per heavy atom. The van der Waals surface area contributed by atoms with E-state index in [4.69, 9.17) is 9.84 Å². The molecule has 0 aliphatic carbocycles. The molecule has 0 bridgehead atoms. The summed E-state index contributed by atoms with van der Waals surface area (Å²) < 4.78 is 18.2. The first-order valence-corrected chi connectivity index (χ1v) is 6.30. The Hall–Kier alpha value is -2.63. The number of ether oxygens (including phenoxy) is 1. The fraction of sp³-hybridized carbons (Fsp3) is 0.200. The molecule has 6 heteroatoms. The average molecular weight is 290 g/mol.